The first-order valence-electron chi connectivity index (χ1n) is 2.37. The molecule has 0 saturated heterocycles. The van der Waals surface area contributed by atoms with Crippen molar-refractivity contribution in [2.75, 3.05) is 0 Å². The summed E-state index contributed by atoms with van der Waals surface area (Å²) in [5.41, 5.74) is 0. The molecule has 1 aromatic carbocycles. The van der Waals surface area contributed by atoms with Gasteiger partial charge in [0.2, 0.25) is 0 Å². The zero-order chi connectivity index (χ0) is 6.85. The molecule has 0 aromatic heterocycles. The van der Waals surface area contributed by atoms with Crippen LogP contribution >= 0.6 is 22.6 Å². The van der Waals surface area contributed by atoms with Crippen LogP contribution < -0.4 is 5.19 Å². The van der Waals surface area contributed by atoms with Crippen molar-refractivity contribution >= 4 is 38.0 Å². The lowest BCUT2D eigenvalue weighted by molar-refractivity contribution is 0.621. The van der Waals surface area contributed by atoms with E-state index in [1.807, 2.05) is 28.7 Å². The highest BCUT2D eigenvalue weighted by Gasteiger charge is 1.95. The van der Waals surface area contributed by atoms with Gasteiger partial charge in [-0.2, -0.15) is 0 Å². The van der Waals surface area contributed by atoms with Crippen LogP contribution in [0.4, 0.5) is 4.39 Å². The van der Waals surface area contributed by atoms with Gasteiger partial charge in [0.1, 0.15) is 5.82 Å². The van der Waals surface area contributed by atoms with Crippen molar-refractivity contribution in [1.29, 1.82) is 0 Å². The normalized spacial score (nSPS) is 9.67. The largest absolute Gasteiger partial charge is 0.206 e. The Morgan fingerprint density at radius 1 is 1.44 bits per heavy atom. The molecule has 3 radical (unpaired) electrons. The van der Waals surface area contributed by atoms with Crippen molar-refractivity contribution in [2.45, 2.75) is 0 Å². The van der Waals surface area contributed by atoms with E-state index >= 15 is 0 Å². The molecule has 9 heavy (non-hydrogen) atoms. The minimum absolute atomic E-state index is 0.178. The fourth-order valence-corrected chi connectivity index (χ4v) is 1.04. The fourth-order valence-electron chi connectivity index (χ4n) is 0.496. The Labute approximate surface area is 70.0 Å². The molecule has 3 heteroatoms. The van der Waals surface area contributed by atoms with Crippen LogP contribution in [0.25, 0.3) is 0 Å². The van der Waals surface area contributed by atoms with Crippen LogP contribution in [0.2, 0.25) is 0 Å². The van der Waals surface area contributed by atoms with Gasteiger partial charge in [-0.25, -0.2) is 4.39 Å². The van der Waals surface area contributed by atoms with Gasteiger partial charge in [0.25, 0.3) is 0 Å². The first-order valence-corrected chi connectivity index (χ1v) is 3.94. The van der Waals surface area contributed by atoms with Gasteiger partial charge in [-0.05, 0) is 34.7 Å². The zero-order valence-corrected chi connectivity index (χ0v) is 7.65. The third kappa shape index (κ3) is 1.75. The van der Waals surface area contributed by atoms with Gasteiger partial charge in [0.05, 0.1) is 10.2 Å². The van der Waals surface area contributed by atoms with Gasteiger partial charge in [-0.3, -0.25) is 0 Å². The van der Waals surface area contributed by atoms with E-state index in [9.17, 15) is 4.39 Å². The van der Waals surface area contributed by atoms with Crippen molar-refractivity contribution < 1.29 is 4.39 Å². The summed E-state index contributed by atoms with van der Waals surface area (Å²) in [6.07, 6.45) is 0. The summed E-state index contributed by atoms with van der Waals surface area (Å²) in [6, 6.07) is 4.97. The van der Waals surface area contributed by atoms with Crippen molar-refractivity contribution in [3.05, 3.63) is 27.6 Å². The molecule has 0 N–H and O–H groups in total. The van der Waals surface area contributed by atoms with Gasteiger partial charge in [0.15, 0.2) is 0 Å². The van der Waals surface area contributed by atoms with E-state index in [1.165, 1.54) is 6.07 Å². The van der Waals surface area contributed by atoms with Crippen LogP contribution in [0.3, 0.4) is 0 Å². The predicted molar refractivity (Wildman–Crippen MR) is 44.5 cm³/mol. The molecule has 0 fully saturated rings. The van der Waals surface area contributed by atoms with E-state index in [0.717, 1.165) is 5.19 Å². The standard InChI is InChI=1S/C6H3FISi/c7-5-3-4(9)1-2-6(5)8/h1-3H. The van der Waals surface area contributed by atoms with Crippen LogP contribution in [0.5, 0.6) is 0 Å². The van der Waals surface area contributed by atoms with Crippen LogP contribution in [0, 0.1) is 9.39 Å². The van der Waals surface area contributed by atoms with E-state index in [0.29, 0.717) is 3.57 Å². The van der Waals surface area contributed by atoms with Crippen LogP contribution in [0.15, 0.2) is 18.2 Å². The molecule has 0 bridgehead atoms. The topological polar surface area (TPSA) is 0 Å². The third-order valence-corrected chi connectivity index (χ3v) is 2.11. The van der Waals surface area contributed by atoms with Crippen molar-refractivity contribution in [3.63, 3.8) is 0 Å². The molecule has 0 nitrogen and oxygen atoms in total. The van der Waals surface area contributed by atoms with Crippen LogP contribution in [0.1, 0.15) is 0 Å². The second kappa shape index (κ2) is 2.79. The number of halogens is 2. The van der Waals surface area contributed by atoms with E-state index in [-0.39, 0.29) is 5.82 Å². The smallest absolute Gasteiger partial charge is 0.136 e. The molecule has 0 spiro atoms. The fraction of sp³-hybridized carbons (Fsp3) is 0. The molecular weight excluding hydrogens is 246 g/mol. The highest BCUT2D eigenvalue weighted by molar-refractivity contribution is 14.1. The van der Waals surface area contributed by atoms with Gasteiger partial charge in [-0.15, -0.1) is 0 Å². The molecule has 45 valence electrons. The highest BCUT2D eigenvalue weighted by atomic mass is 127. The Bertz CT molecular complexity index is 224. The average Bonchev–Trinajstić information content (AvgIpc) is 1.80. The summed E-state index contributed by atoms with van der Waals surface area (Å²) in [7, 11) is 3.20. The quantitative estimate of drug-likeness (QED) is 0.479. The molecule has 1 aromatic rings. The Hall–Kier alpha value is 0.0969. The molecule has 0 heterocycles. The predicted octanol–water partition coefficient (Wildman–Crippen LogP) is 1.22. The summed E-state index contributed by atoms with van der Waals surface area (Å²) < 4.78 is 13.2. The maximum atomic E-state index is 12.5. The number of benzene rings is 1. The first-order chi connectivity index (χ1) is 4.20. The summed E-state index contributed by atoms with van der Waals surface area (Å²) in [5, 5.41) is 0.771. The van der Waals surface area contributed by atoms with E-state index < -0.39 is 0 Å². The Kier molecular flexibility index (Phi) is 2.23. The Morgan fingerprint density at radius 3 is 2.56 bits per heavy atom. The molecule has 0 amide bonds. The second-order valence-corrected chi connectivity index (χ2v) is 3.37. The SMILES string of the molecule is Fc1cc([Si])ccc1I. The first kappa shape index (κ1) is 7.21. The monoisotopic (exact) mass is 249 g/mol. The minimum atomic E-state index is -0.178. The lowest BCUT2D eigenvalue weighted by Crippen LogP contribution is -2.02. The van der Waals surface area contributed by atoms with Crippen molar-refractivity contribution in [2.24, 2.45) is 0 Å². The van der Waals surface area contributed by atoms with Gasteiger partial charge in [-0.1, -0.05) is 11.3 Å². The lowest BCUT2D eigenvalue weighted by atomic mass is 10.3. The highest BCUT2D eigenvalue weighted by Crippen LogP contribution is 2.06. The maximum absolute atomic E-state index is 12.5. The van der Waals surface area contributed by atoms with E-state index in [1.54, 1.807) is 6.07 Å². The summed E-state index contributed by atoms with van der Waals surface area (Å²) in [5.74, 6) is -0.178. The molecule has 0 saturated carbocycles. The Balaban J connectivity index is 3.17. The maximum Gasteiger partial charge on any atom is 0.136 e. The van der Waals surface area contributed by atoms with E-state index in [4.69, 9.17) is 0 Å². The number of rotatable bonds is 0. The van der Waals surface area contributed by atoms with Gasteiger partial charge in [0, 0.05) is 3.57 Å². The molecule has 0 aliphatic carbocycles. The summed E-state index contributed by atoms with van der Waals surface area (Å²) in [6.45, 7) is 0. The van der Waals surface area contributed by atoms with Crippen LogP contribution in [-0.4, -0.2) is 10.2 Å². The van der Waals surface area contributed by atoms with Crippen molar-refractivity contribution in [1.82, 2.24) is 0 Å². The molecule has 0 unspecified atom stereocenters. The summed E-state index contributed by atoms with van der Waals surface area (Å²) in [4.78, 5) is 0. The van der Waals surface area contributed by atoms with E-state index in [2.05, 4.69) is 10.2 Å². The molecular formula is C6H3FISi. The molecule has 0 aliphatic rings. The lowest BCUT2D eigenvalue weighted by Gasteiger charge is -1.93. The summed E-state index contributed by atoms with van der Waals surface area (Å²) >= 11 is 1.94. The molecule has 1 rings (SSSR count). The van der Waals surface area contributed by atoms with Gasteiger partial charge < -0.3 is 0 Å². The minimum Gasteiger partial charge on any atom is -0.206 e. The zero-order valence-electron chi connectivity index (χ0n) is 4.49. The van der Waals surface area contributed by atoms with Crippen LogP contribution in [-0.2, 0) is 0 Å². The Morgan fingerprint density at radius 2 is 2.11 bits per heavy atom. The third-order valence-electron chi connectivity index (χ3n) is 0.920. The molecule has 0 atom stereocenters. The number of hydrogen-bond acceptors (Lipinski definition) is 0. The van der Waals surface area contributed by atoms with Crippen molar-refractivity contribution in [3.8, 4) is 0 Å². The molecule has 0 aliphatic heterocycles. The second-order valence-electron chi connectivity index (χ2n) is 1.63. The number of hydrogen-bond donors (Lipinski definition) is 0. The van der Waals surface area contributed by atoms with Gasteiger partial charge >= 0.3 is 0 Å². The average molecular weight is 249 g/mol.